The van der Waals surface area contributed by atoms with Gasteiger partial charge in [0.15, 0.2) is 11.5 Å². The number of carbonyl (C=O) groups is 2. The molecule has 0 atom stereocenters. The van der Waals surface area contributed by atoms with E-state index >= 15 is 0 Å². The second-order valence-corrected chi connectivity index (χ2v) is 5.35. The molecule has 7 nitrogen and oxygen atoms in total. The molecule has 2 aromatic rings. The third-order valence-electron chi connectivity index (χ3n) is 3.57. The minimum absolute atomic E-state index is 0.328. The molecule has 0 spiro atoms. The average molecular weight is 370 g/mol. The highest BCUT2D eigenvalue weighted by Gasteiger charge is 2.11. The Hall–Kier alpha value is -3.48. The van der Waals surface area contributed by atoms with Gasteiger partial charge in [-0.1, -0.05) is 12.1 Å². The predicted octanol–water partition coefficient (Wildman–Crippen LogP) is 2.58. The van der Waals surface area contributed by atoms with Crippen molar-refractivity contribution < 1.29 is 23.8 Å². The molecular weight excluding hydrogens is 348 g/mol. The first kappa shape index (κ1) is 19.8. The van der Waals surface area contributed by atoms with Crippen LogP contribution in [0.1, 0.15) is 22.8 Å². The van der Waals surface area contributed by atoms with Crippen molar-refractivity contribution in [2.75, 3.05) is 20.8 Å². The monoisotopic (exact) mass is 370 g/mol. The van der Waals surface area contributed by atoms with E-state index in [0.29, 0.717) is 23.7 Å². The fraction of sp³-hybridized carbons (Fsp3) is 0.200. The summed E-state index contributed by atoms with van der Waals surface area (Å²) in [5, 5.41) is 0. The molecule has 0 fully saturated rings. The highest BCUT2D eigenvalue weighted by molar-refractivity contribution is 5.98. The van der Waals surface area contributed by atoms with Crippen LogP contribution in [0.15, 0.2) is 48.5 Å². The molecule has 0 saturated carbocycles. The summed E-state index contributed by atoms with van der Waals surface area (Å²) in [7, 11) is 3.08. The summed E-state index contributed by atoms with van der Waals surface area (Å²) in [6, 6.07) is 12.0. The van der Waals surface area contributed by atoms with Crippen molar-refractivity contribution in [2.45, 2.75) is 6.92 Å². The lowest BCUT2D eigenvalue weighted by molar-refractivity contribution is -0.117. The van der Waals surface area contributed by atoms with Crippen LogP contribution in [0.4, 0.5) is 0 Å². The van der Waals surface area contributed by atoms with E-state index in [4.69, 9.17) is 14.2 Å². The normalized spacial score (nSPS) is 10.3. The molecule has 0 aromatic heterocycles. The van der Waals surface area contributed by atoms with Gasteiger partial charge in [-0.05, 0) is 48.9 Å². The SMILES string of the molecule is CCOc1ccc(C(=O)NNC(=O)/C=C/c2ccc(OC)cc2)cc1OC. The van der Waals surface area contributed by atoms with Gasteiger partial charge in [0.1, 0.15) is 5.75 Å². The van der Waals surface area contributed by atoms with E-state index < -0.39 is 11.8 Å². The summed E-state index contributed by atoms with van der Waals surface area (Å²) in [6.07, 6.45) is 2.95. The molecule has 0 unspecified atom stereocenters. The van der Waals surface area contributed by atoms with E-state index in [1.165, 1.54) is 13.2 Å². The molecule has 0 heterocycles. The zero-order valence-corrected chi connectivity index (χ0v) is 15.4. The van der Waals surface area contributed by atoms with Crippen LogP contribution in [0.25, 0.3) is 6.08 Å². The van der Waals surface area contributed by atoms with Crippen molar-refractivity contribution in [2.24, 2.45) is 0 Å². The van der Waals surface area contributed by atoms with Crippen LogP contribution < -0.4 is 25.1 Å². The average Bonchev–Trinajstić information content (AvgIpc) is 2.71. The number of hydrogen-bond donors (Lipinski definition) is 2. The molecule has 2 N–H and O–H groups in total. The quantitative estimate of drug-likeness (QED) is 0.578. The third-order valence-corrected chi connectivity index (χ3v) is 3.57. The maximum absolute atomic E-state index is 12.2. The van der Waals surface area contributed by atoms with E-state index in [1.807, 2.05) is 19.1 Å². The molecule has 27 heavy (non-hydrogen) atoms. The number of nitrogens with one attached hydrogen (secondary N) is 2. The first-order valence-corrected chi connectivity index (χ1v) is 8.30. The van der Waals surface area contributed by atoms with E-state index in [9.17, 15) is 9.59 Å². The molecule has 2 rings (SSSR count). The Morgan fingerprint density at radius 2 is 1.70 bits per heavy atom. The standard InChI is InChI=1S/C20H22N2O5/c1-4-27-17-11-8-15(13-18(17)26-3)20(24)22-21-19(23)12-7-14-5-9-16(25-2)10-6-14/h5-13H,4H2,1-3H3,(H,21,23)(H,22,24)/b12-7+. The zero-order valence-electron chi connectivity index (χ0n) is 15.4. The molecule has 142 valence electrons. The third kappa shape index (κ3) is 5.78. The van der Waals surface area contributed by atoms with Crippen molar-refractivity contribution in [3.8, 4) is 17.2 Å². The number of hydrazine groups is 1. The molecule has 7 heteroatoms. The van der Waals surface area contributed by atoms with Crippen molar-refractivity contribution in [1.82, 2.24) is 10.9 Å². The zero-order chi connectivity index (χ0) is 19.6. The van der Waals surface area contributed by atoms with Crippen molar-refractivity contribution in [3.05, 3.63) is 59.7 Å². The van der Waals surface area contributed by atoms with E-state index in [1.54, 1.807) is 43.5 Å². The summed E-state index contributed by atoms with van der Waals surface area (Å²) in [6.45, 7) is 2.34. The molecule has 0 aliphatic rings. The number of ether oxygens (including phenoxy) is 3. The second-order valence-electron chi connectivity index (χ2n) is 5.35. The highest BCUT2D eigenvalue weighted by Crippen LogP contribution is 2.27. The largest absolute Gasteiger partial charge is 0.497 e. The molecule has 2 amide bonds. The number of carbonyl (C=O) groups excluding carboxylic acids is 2. The van der Waals surface area contributed by atoms with Gasteiger partial charge in [-0.3, -0.25) is 20.4 Å². The maximum Gasteiger partial charge on any atom is 0.269 e. The van der Waals surface area contributed by atoms with Crippen LogP contribution in [-0.4, -0.2) is 32.6 Å². The highest BCUT2D eigenvalue weighted by atomic mass is 16.5. The lowest BCUT2D eigenvalue weighted by atomic mass is 10.2. The van der Waals surface area contributed by atoms with Gasteiger partial charge in [0.05, 0.1) is 20.8 Å². The number of benzene rings is 2. The summed E-state index contributed by atoms with van der Waals surface area (Å²) in [5.41, 5.74) is 5.83. The summed E-state index contributed by atoms with van der Waals surface area (Å²) >= 11 is 0. The molecule has 0 saturated heterocycles. The second kappa shape index (κ2) is 9.86. The molecule has 0 radical (unpaired) electrons. The van der Waals surface area contributed by atoms with Gasteiger partial charge in [0.25, 0.3) is 11.8 Å². The predicted molar refractivity (Wildman–Crippen MR) is 102 cm³/mol. The minimum atomic E-state index is -0.470. The molecular formula is C20H22N2O5. The topological polar surface area (TPSA) is 85.9 Å². The smallest absolute Gasteiger partial charge is 0.269 e. The number of rotatable bonds is 7. The minimum Gasteiger partial charge on any atom is -0.497 e. The van der Waals surface area contributed by atoms with Crippen LogP contribution in [0, 0.1) is 0 Å². The first-order chi connectivity index (χ1) is 13.1. The van der Waals surface area contributed by atoms with Gasteiger partial charge >= 0.3 is 0 Å². The lowest BCUT2D eigenvalue weighted by Gasteiger charge is -2.11. The van der Waals surface area contributed by atoms with Gasteiger partial charge in [0.2, 0.25) is 0 Å². The fourth-order valence-corrected chi connectivity index (χ4v) is 2.20. The number of hydrogen-bond acceptors (Lipinski definition) is 5. The molecule has 2 aromatic carbocycles. The fourth-order valence-electron chi connectivity index (χ4n) is 2.20. The maximum atomic E-state index is 12.2. The van der Waals surface area contributed by atoms with Crippen LogP contribution in [-0.2, 0) is 4.79 Å². The molecule has 0 aliphatic carbocycles. The van der Waals surface area contributed by atoms with Gasteiger partial charge in [0, 0.05) is 11.6 Å². The Morgan fingerprint density at radius 1 is 0.963 bits per heavy atom. The Kier molecular flexibility index (Phi) is 7.25. The van der Waals surface area contributed by atoms with Crippen LogP contribution in [0.5, 0.6) is 17.2 Å². The van der Waals surface area contributed by atoms with Crippen molar-refractivity contribution >= 4 is 17.9 Å². The van der Waals surface area contributed by atoms with E-state index in [0.717, 1.165) is 11.3 Å². The van der Waals surface area contributed by atoms with Gasteiger partial charge in [-0.2, -0.15) is 0 Å². The van der Waals surface area contributed by atoms with Crippen LogP contribution >= 0.6 is 0 Å². The Balaban J connectivity index is 1.92. The Labute approximate surface area is 157 Å². The Morgan fingerprint density at radius 3 is 2.33 bits per heavy atom. The molecule has 0 bridgehead atoms. The van der Waals surface area contributed by atoms with Crippen LogP contribution in [0.3, 0.4) is 0 Å². The van der Waals surface area contributed by atoms with Crippen molar-refractivity contribution in [3.63, 3.8) is 0 Å². The number of amides is 2. The van der Waals surface area contributed by atoms with Gasteiger partial charge in [-0.15, -0.1) is 0 Å². The lowest BCUT2D eigenvalue weighted by Crippen LogP contribution is -2.40. The summed E-state index contributed by atoms with van der Waals surface area (Å²) < 4.78 is 15.7. The van der Waals surface area contributed by atoms with Gasteiger partial charge in [-0.25, -0.2) is 0 Å². The number of methoxy groups -OCH3 is 2. The first-order valence-electron chi connectivity index (χ1n) is 8.30. The van der Waals surface area contributed by atoms with Crippen LogP contribution in [0.2, 0.25) is 0 Å². The summed E-state index contributed by atoms with van der Waals surface area (Å²) in [5.74, 6) is 0.785. The van der Waals surface area contributed by atoms with Gasteiger partial charge < -0.3 is 14.2 Å². The van der Waals surface area contributed by atoms with E-state index in [2.05, 4.69) is 10.9 Å². The van der Waals surface area contributed by atoms with Crippen molar-refractivity contribution in [1.29, 1.82) is 0 Å². The molecule has 0 aliphatic heterocycles. The Bertz CT molecular complexity index is 816. The summed E-state index contributed by atoms with van der Waals surface area (Å²) in [4.78, 5) is 24.0. The van der Waals surface area contributed by atoms with E-state index in [-0.39, 0.29) is 0 Å².